The Morgan fingerprint density at radius 1 is 0.867 bits per heavy atom. The highest BCUT2D eigenvalue weighted by atomic mass is 16.5. The Morgan fingerprint density at radius 3 is 2.27 bits per heavy atom. The molecule has 1 aliphatic carbocycles. The van der Waals surface area contributed by atoms with Crippen LogP contribution in [0.4, 0.5) is 0 Å². The van der Waals surface area contributed by atoms with Crippen LogP contribution < -0.4 is 15.0 Å². The maximum absolute atomic E-state index is 12.5. The van der Waals surface area contributed by atoms with Crippen LogP contribution in [0.25, 0.3) is 16.9 Å². The minimum Gasteiger partial charge on any atom is -0.493 e. The average Bonchev–Trinajstić information content (AvgIpc) is 3.37. The lowest BCUT2D eigenvalue weighted by atomic mass is 10.1. The zero-order valence-electron chi connectivity index (χ0n) is 16.7. The number of rotatable bonds is 5. The molecule has 0 radical (unpaired) electrons. The first-order valence-corrected chi connectivity index (χ1v) is 10.0. The topological polar surface area (TPSA) is 56.2 Å². The maximum Gasteiger partial charge on any atom is 0.271 e. The van der Waals surface area contributed by atoms with E-state index in [1.165, 1.54) is 15.8 Å². The predicted molar refractivity (Wildman–Crippen MR) is 117 cm³/mol. The largest absolute Gasteiger partial charge is 0.493 e. The van der Waals surface area contributed by atoms with Crippen molar-refractivity contribution in [3.63, 3.8) is 0 Å². The molecule has 0 unspecified atom stereocenters. The predicted octanol–water partition coefficient (Wildman–Crippen LogP) is 4.39. The molecule has 0 amide bonds. The van der Waals surface area contributed by atoms with Crippen LogP contribution in [0, 0.1) is 0 Å². The monoisotopic (exact) mass is 398 g/mol. The molecule has 0 atom stereocenters. The first-order chi connectivity index (χ1) is 14.7. The molecule has 0 fully saturated rings. The van der Waals surface area contributed by atoms with Gasteiger partial charge in [0.05, 0.1) is 18.5 Å². The quantitative estimate of drug-likeness (QED) is 0.543. The van der Waals surface area contributed by atoms with Gasteiger partial charge in [-0.15, -0.1) is 0 Å². The SMILES string of the molecule is COc1ccc(-c2cc(=O)n(-c3ccccc3)[nH]2)cc1OC1Cc2ccccc2C1. The van der Waals surface area contributed by atoms with Crippen LogP contribution in [0.5, 0.6) is 11.5 Å². The lowest BCUT2D eigenvalue weighted by molar-refractivity contribution is 0.204. The lowest BCUT2D eigenvalue weighted by Crippen LogP contribution is -2.16. The molecule has 5 rings (SSSR count). The van der Waals surface area contributed by atoms with Gasteiger partial charge >= 0.3 is 0 Å². The summed E-state index contributed by atoms with van der Waals surface area (Å²) in [6.07, 6.45) is 1.83. The maximum atomic E-state index is 12.5. The molecule has 3 aromatic carbocycles. The molecule has 0 saturated carbocycles. The smallest absolute Gasteiger partial charge is 0.271 e. The average molecular weight is 398 g/mol. The second-order valence-electron chi connectivity index (χ2n) is 7.46. The highest BCUT2D eigenvalue weighted by molar-refractivity contribution is 5.64. The number of aromatic amines is 1. The Bertz CT molecular complexity index is 1220. The van der Waals surface area contributed by atoms with Crippen molar-refractivity contribution in [3.8, 4) is 28.4 Å². The van der Waals surface area contributed by atoms with Gasteiger partial charge in [-0.25, -0.2) is 4.68 Å². The summed E-state index contributed by atoms with van der Waals surface area (Å²) in [5, 5.41) is 3.19. The Morgan fingerprint density at radius 2 is 1.57 bits per heavy atom. The second kappa shape index (κ2) is 7.59. The zero-order chi connectivity index (χ0) is 20.5. The molecular formula is C25H22N2O3. The third-order valence-corrected chi connectivity index (χ3v) is 5.52. The van der Waals surface area contributed by atoms with Crippen molar-refractivity contribution in [3.05, 3.63) is 100 Å². The molecule has 1 N–H and O–H groups in total. The molecule has 5 heteroatoms. The minimum atomic E-state index is -0.110. The van der Waals surface area contributed by atoms with Gasteiger partial charge in [-0.1, -0.05) is 42.5 Å². The van der Waals surface area contributed by atoms with E-state index < -0.39 is 0 Å². The number of nitrogens with zero attached hydrogens (tertiary/aromatic N) is 1. The van der Waals surface area contributed by atoms with E-state index >= 15 is 0 Å². The number of ether oxygens (including phenoxy) is 2. The van der Waals surface area contributed by atoms with E-state index in [1.807, 2.05) is 48.5 Å². The number of aromatic nitrogens is 2. The van der Waals surface area contributed by atoms with Crippen molar-refractivity contribution in [1.29, 1.82) is 0 Å². The Labute approximate surface area is 174 Å². The summed E-state index contributed by atoms with van der Waals surface area (Å²) < 4.78 is 13.4. The lowest BCUT2D eigenvalue weighted by Gasteiger charge is -2.17. The highest BCUT2D eigenvalue weighted by Gasteiger charge is 2.24. The second-order valence-corrected chi connectivity index (χ2v) is 7.46. The van der Waals surface area contributed by atoms with Gasteiger partial charge in [0.25, 0.3) is 5.56 Å². The summed E-state index contributed by atoms with van der Waals surface area (Å²) >= 11 is 0. The van der Waals surface area contributed by atoms with E-state index in [0.717, 1.165) is 29.8 Å². The molecule has 1 aromatic heterocycles. The zero-order valence-corrected chi connectivity index (χ0v) is 16.7. The van der Waals surface area contributed by atoms with Gasteiger partial charge in [-0.3, -0.25) is 9.89 Å². The third-order valence-electron chi connectivity index (χ3n) is 5.52. The summed E-state index contributed by atoms with van der Waals surface area (Å²) in [7, 11) is 1.64. The van der Waals surface area contributed by atoms with E-state index in [4.69, 9.17) is 9.47 Å². The number of para-hydroxylation sites is 1. The Balaban J connectivity index is 1.45. The molecule has 150 valence electrons. The molecule has 4 aromatic rings. The van der Waals surface area contributed by atoms with Gasteiger partial charge in [-0.2, -0.15) is 0 Å². The highest BCUT2D eigenvalue weighted by Crippen LogP contribution is 2.35. The number of benzene rings is 3. The van der Waals surface area contributed by atoms with Gasteiger partial charge in [0.1, 0.15) is 6.10 Å². The fourth-order valence-electron chi connectivity index (χ4n) is 4.03. The van der Waals surface area contributed by atoms with Crippen molar-refractivity contribution < 1.29 is 9.47 Å². The van der Waals surface area contributed by atoms with Crippen molar-refractivity contribution in [2.24, 2.45) is 0 Å². The van der Waals surface area contributed by atoms with Crippen molar-refractivity contribution >= 4 is 0 Å². The standard InChI is InChI=1S/C25H22N2O3/c1-29-23-12-11-19(22-16-25(28)27(26-22)20-9-3-2-4-10-20)15-24(23)30-21-13-17-7-5-6-8-18(17)14-21/h2-12,15-16,21,26H,13-14H2,1H3. The van der Waals surface area contributed by atoms with Gasteiger partial charge < -0.3 is 9.47 Å². The van der Waals surface area contributed by atoms with E-state index in [-0.39, 0.29) is 11.7 Å². The fourth-order valence-corrected chi connectivity index (χ4v) is 4.03. The molecule has 0 saturated heterocycles. The van der Waals surface area contributed by atoms with Crippen LogP contribution in [0.2, 0.25) is 0 Å². The molecule has 0 spiro atoms. The van der Waals surface area contributed by atoms with Gasteiger partial charge in [0, 0.05) is 24.5 Å². The van der Waals surface area contributed by atoms with Gasteiger partial charge in [0.15, 0.2) is 11.5 Å². The number of H-pyrrole nitrogens is 1. The van der Waals surface area contributed by atoms with Crippen molar-refractivity contribution in [2.75, 3.05) is 7.11 Å². The van der Waals surface area contributed by atoms with Crippen LogP contribution in [0.3, 0.4) is 0 Å². The van der Waals surface area contributed by atoms with E-state index in [1.54, 1.807) is 13.2 Å². The summed E-state index contributed by atoms with van der Waals surface area (Å²) in [5.41, 5.74) is 4.95. The molecular weight excluding hydrogens is 376 g/mol. The van der Waals surface area contributed by atoms with E-state index in [2.05, 4.69) is 29.4 Å². The molecule has 1 heterocycles. The number of nitrogens with one attached hydrogen (secondary N) is 1. The summed E-state index contributed by atoms with van der Waals surface area (Å²) in [5.74, 6) is 1.36. The normalized spacial score (nSPS) is 13.2. The Kier molecular flexibility index (Phi) is 4.64. The van der Waals surface area contributed by atoms with Crippen LogP contribution in [-0.2, 0) is 12.8 Å². The molecule has 1 aliphatic rings. The third kappa shape index (κ3) is 3.39. The van der Waals surface area contributed by atoms with Crippen LogP contribution in [0.15, 0.2) is 83.7 Å². The summed E-state index contributed by atoms with van der Waals surface area (Å²) in [6.45, 7) is 0. The van der Waals surface area contributed by atoms with Crippen LogP contribution in [0.1, 0.15) is 11.1 Å². The molecule has 5 nitrogen and oxygen atoms in total. The first-order valence-electron chi connectivity index (χ1n) is 10.0. The van der Waals surface area contributed by atoms with E-state index in [9.17, 15) is 4.79 Å². The van der Waals surface area contributed by atoms with Crippen LogP contribution in [-0.4, -0.2) is 23.0 Å². The summed E-state index contributed by atoms with van der Waals surface area (Å²) in [4.78, 5) is 12.5. The number of hydrogen-bond acceptors (Lipinski definition) is 3. The Hall–Kier alpha value is -3.73. The summed E-state index contributed by atoms with van der Waals surface area (Å²) in [6, 6.07) is 25.3. The number of fused-ring (bicyclic) bond motifs is 1. The van der Waals surface area contributed by atoms with Crippen molar-refractivity contribution in [2.45, 2.75) is 18.9 Å². The van der Waals surface area contributed by atoms with Gasteiger partial charge in [-0.05, 0) is 41.5 Å². The minimum absolute atomic E-state index is 0.0690. The van der Waals surface area contributed by atoms with E-state index in [0.29, 0.717) is 11.5 Å². The number of methoxy groups -OCH3 is 1. The fraction of sp³-hybridized carbons (Fsp3) is 0.160. The first kappa shape index (κ1) is 18.3. The molecule has 0 aliphatic heterocycles. The van der Waals surface area contributed by atoms with Crippen LogP contribution >= 0.6 is 0 Å². The number of hydrogen-bond donors (Lipinski definition) is 1. The van der Waals surface area contributed by atoms with Crippen molar-refractivity contribution in [1.82, 2.24) is 9.78 Å². The molecule has 0 bridgehead atoms. The van der Waals surface area contributed by atoms with Gasteiger partial charge in [0.2, 0.25) is 0 Å². The molecule has 30 heavy (non-hydrogen) atoms.